The first-order valence-electron chi connectivity index (χ1n) is 6.27. The van der Waals surface area contributed by atoms with E-state index in [0.29, 0.717) is 5.92 Å². The molecule has 1 aliphatic carbocycles. The highest BCUT2D eigenvalue weighted by molar-refractivity contribution is 5.98. The fraction of sp³-hybridized carbons (Fsp3) is 0.200. The molecule has 1 aliphatic rings. The lowest BCUT2D eigenvalue weighted by molar-refractivity contribution is -0.111. The van der Waals surface area contributed by atoms with E-state index in [4.69, 9.17) is 4.52 Å². The average Bonchev–Trinajstić information content (AvgIpc) is 3.17. The van der Waals surface area contributed by atoms with Gasteiger partial charge in [0.1, 0.15) is 11.5 Å². The molecule has 1 fully saturated rings. The van der Waals surface area contributed by atoms with Crippen molar-refractivity contribution in [2.24, 2.45) is 0 Å². The second kappa shape index (κ2) is 4.72. The van der Waals surface area contributed by atoms with Crippen LogP contribution >= 0.6 is 0 Å². The molecule has 0 atom stereocenters. The number of nitrogens with one attached hydrogen (secondary N) is 1. The summed E-state index contributed by atoms with van der Waals surface area (Å²) in [6.45, 7) is 3.41. The summed E-state index contributed by atoms with van der Waals surface area (Å²) < 4.78 is 5.32. The molecule has 1 saturated carbocycles. The molecule has 0 aliphatic heterocycles. The molecule has 0 radical (unpaired) electrons. The molecule has 1 amide bonds. The molecule has 0 bridgehead atoms. The molecule has 0 unspecified atom stereocenters. The zero-order valence-electron chi connectivity index (χ0n) is 10.4. The number of benzene rings is 1. The van der Waals surface area contributed by atoms with Gasteiger partial charge in [-0.3, -0.25) is 4.79 Å². The van der Waals surface area contributed by atoms with Gasteiger partial charge in [0, 0.05) is 23.2 Å². The number of carbonyl (C=O) groups excluding carboxylic acids is 1. The summed E-state index contributed by atoms with van der Waals surface area (Å²) >= 11 is 0. The maximum Gasteiger partial charge on any atom is 0.247 e. The van der Waals surface area contributed by atoms with E-state index in [1.165, 1.54) is 18.9 Å². The van der Waals surface area contributed by atoms with Gasteiger partial charge in [0.2, 0.25) is 5.91 Å². The summed E-state index contributed by atoms with van der Waals surface area (Å²) in [6.07, 6.45) is 3.63. The first kappa shape index (κ1) is 11.7. The Hall–Kier alpha value is -2.36. The van der Waals surface area contributed by atoms with Gasteiger partial charge in [-0.1, -0.05) is 23.9 Å². The summed E-state index contributed by atoms with van der Waals surface area (Å²) in [5.74, 6) is 1.32. The quantitative estimate of drug-likeness (QED) is 0.851. The van der Waals surface area contributed by atoms with Gasteiger partial charge in [0.15, 0.2) is 0 Å². The number of carbonyl (C=O) groups is 1. The SMILES string of the molecule is C=CC(=O)Nc1ccc(-c2cc(C3CC3)on2)cc1. The normalized spacial score (nSPS) is 14.1. The number of nitrogens with zero attached hydrogens (tertiary/aromatic N) is 1. The van der Waals surface area contributed by atoms with Gasteiger partial charge in [-0.25, -0.2) is 0 Å². The Balaban J connectivity index is 1.77. The Bertz CT molecular complexity index is 609. The second-order valence-corrected chi connectivity index (χ2v) is 4.66. The summed E-state index contributed by atoms with van der Waals surface area (Å²) in [6, 6.07) is 9.49. The Morgan fingerprint density at radius 1 is 1.37 bits per heavy atom. The highest BCUT2D eigenvalue weighted by atomic mass is 16.5. The van der Waals surface area contributed by atoms with Crippen molar-refractivity contribution in [3.63, 3.8) is 0 Å². The Morgan fingerprint density at radius 3 is 2.74 bits per heavy atom. The zero-order chi connectivity index (χ0) is 13.2. The molecule has 19 heavy (non-hydrogen) atoms. The molecule has 1 aromatic carbocycles. The van der Waals surface area contributed by atoms with E-state index < -0.39 is 0 Å². The minimum atomic E-state index is -0.217. The summed E-state index contributed by atoms with van der Waals surface area (Å²) in [5.41, 5.74) is 2.55. The highest BCUT2D eigenvalue weighted by Gasteiger charge is 2.27. The first-order valence-corrected chi connectivity index (χ1v) is 6.27. The molecule has 1 aromatic heterocycles. The largest absolute Gasteiger partial charge is 0.360 e. The number of hydrogen-bond acceptors (Lipinski definition) is 3. The lowest BCUT2D eigenvalue weighted by Crippen LogP contribution is -2.06. The van der Waals surface area contributed by atoms with E-state index in [2.05, 4.69) is 17.1 Å². The third kappa shape index (κ3) is 2.57. The van der Waals surface area contributed by atoms with Gasteiger partial charge in [0.05, 0.1) is 0 Å². The number of anilines is 1. The third-order valence-electron chi connectivity index (χ3n) is 3.14. The lowest BCUT2D eigenvalue weighted by atomic mass is 10.1. The van der Waals surface area contributed by atoms with Crippen LogP contribution in [0.15, 0.2) is 47.5 Å². The van der Waals surface area contributed by atoms with Gasteiger partial charge in [-0.05, 0) is 31.1 Å². The molecule has 0 spiro atoms. The van der Waals surface area contributed by atoms with Crippen LogP contribution in [0.25, 0.3) is 11.3 Å². The fourth-order valence-electron chi connectivity index (χ4n) is 1.90. The van der Waals surface area contributed by atoms with E-state index in [1.54, 1.807) is 0 Å². The molecule has 2 aromatic rings. The van der Waals surface area contributed by atoms with Gasteiger partial charge >= 0.3 is 0 Å². The van der Waals surface area contributed by atoms with E-state index in [9.17, 15) is 4.79 Å². The smallest absolute Gasteiger partial charge is 0.247 e. The van der Waals surface area contributed by atoms with Crippen molar-refractivity contribution in [1.29, 1.82) is 0 Å². The minimum Gasteiger partial charge on any atom is -0.360 e. The van der Waals surface area contributed by atoms with Crippen LogP contribution in [-0.4, -0.2) is 11.1 Å². The Morgan fingerprint density at radius 2 is 2.11 bits per heavy atom. The number of aromatic nitrogens is 1. The Kier molecular flexibility index (Phi) is 2.91. The van der Waals surface area contributed by atoms with Crippen LogP contribution in [0.2, 0.25) is 0 Å². The van der Waals surface area contributed by atoms with Crippen LogP contribution in [-0.2, 0) is 4.79 Å². The van der Waals surface area contributed by atoms with Crippen molar-refractivity contribution < 1.29 is 9.32 Å². The summed E-state index contributed by atoms with van der Waals surface area (Å²) in [4.78, 5) is 11.2. The van der Waals surface area contributed by atoms with Crippen LogP contribution in [0.4, 0.5) is 5.69 Å². The van der Waals surface area contributed by atoms with Crippen molar-refractivity contribution in [1.82, 2.24) is 5.16 Å². The van der Waals surface area contributed by atoms with Crippen molar-refractivity contribution in [3.8, 4) is 11.3 Å². The maximum atomic E-state index is 11.2. The minimum absolute atomic E-state index is 0.217. The first-order chi connectivity index (χ1) is 9.26. The predicted octanol–water partition coefficient (Wildman–Crippen LogP) is 3.34. The molecule has 3 rings (SSSR count). The van der Waals surface area contributed by atoms with E-state index in [0.717, 1.165) is 22.7 Å². The highest BCUT2D eigenvalue weighted by Crippen LogP contribution is 2.41. The van der Waals surface area contributed by atoms with E-state index >= 15 is 0 Å². The van der Waals surface area contributed by atoms with Crippen LogP contribution in [0.3, 0.4) is 0 Å². The zero-order valence-corrected chi connectivity index (χ0v) is 10.4. The second-order valence-electron chi connectivity index (χ2n) is 4.66. The van der Waals surface area contributed by atoms with Crippen molar-refractivity contribution >= 4 is 11.6 Å². The van der Waals surface area contributed by atoms with E-state index in [1.807, 2.05) is 30.3 Å². The van der Waals surface area contributed by atoms with Crippen LogP contribution in [0.5, 0.6) is 0 Å². The molecule has 0 saturated heterocycles. The standard InChI is InChI=1S/C15H14N2O2/c1-2-15(18)16-12-7-5-10(6-8-12)13-9-14(19-17-13)11-3-4-11/h2,5-9,11H,1,3-4H2,(H,16,18). The molecular formula is C15H14N2O2. The lowest BCUT2D eigenvalue weighted by Gasteiger charge is -2.02. The molecule has 4 heteroatoms. The maximum absolute atomic E-state index is 11.2. The molecule has 4 nitrogen and oxygen atoms in total. The van der Waals surface area contributed by atoms with Gasteiger partial charge in [-0.2, -0.15) is 0 Å². The third-order valence-corrected chi connectivity index (χ3v) is 3.14. The van der Waals surface area contributed by atoms with Gasteiger partial charge in [0.25, 0.3) is 0 Å². The van der Waals surface area contributed by atoms with Crippen LogP contribution in [0.1, 0.15) is 24.5 Å². The van der Waals surface area contributed by atoms with Crippen molar-refractivity contribution in [2.45, 2.75) is 18.8 Å². The number of amides is 1. The van der Waals surface area contributed by atoms with Gasteiger partial charge in [-0.15, -0.1) is 0 Å². The molecule has 1 heterocycles. The van der Waals surface area contributed by atoms with Crippen molar-refractivity contribution in [2.75, 3.05) is 5.32 Å². The van der Waals surface area contributed by atoms with Crippen LogP contribution in [0, 0.1) is 0 Å². The van der Waals surface area contributed by atoms with Crippen molar-refractivity contribution in [3.05, 3.63) is 48.7 Å². The molecule has 1 N–H and O–H groups in total. The van der Waals surface area contributed by atoms with E-state index in [-0.39, 0.29) is 5.91 Å². The van der Waals surface area contributed by atoms with Gasteiger partial charge < -0.3 is 9.84 Å². The average molecular weight is 254 g/mol. The van der Waals surface area contributed by atoms with Crippen LogP contribution < -0.4 is 5.32 Å². The number of rotatable bonds is 4. The predicted molar refractivity (Wildman–Crippen MR) is 72.7 cm³/mol. The molecule has 96 valence electrons. The summed E-state index contributed by atoms with van der Waals surface area (Å²) in [7, 11) is 0. The topological polar surface area (TPSA) is 55.1 Å². The Labute approximate surface area is 111 Å². The fourth-order valence-corrected chi connectivity index (χ4v) is 1.90. The monoisotopic (exact) mass is 254 g/mol. The summed E-state index contributed by atoms with van der Waals surface area (Å²) in [5, 5.41) is 6.78. The molecular weight excluding hydrogens is 240 g/mol. The number of hydrogen-bond donors (Lipinski definition) is 1.